The van der Waals surface area contributed by atoms with E-state index in [1.807, 2.05) is 37.3 Å². The van der Waals surface area contributed by atoms with Gasteiger partial charge < -0.3 is 5.11 Å². The first kappa shape index (κ1) is 9.97. The molecule has 15 heavy (non-hydrogen) atoms. The van der Waals surface area contributed by atoms with Crippen LogP contribution in [0, 0.1) is 6.92 Å². The predicted molar refractivity (Wildman–Crippen MR) is 59.8 cm³/mol. The number of carboxylic acids is 1. The molecule has 1 aromatic carbocycles. The van der Waals surface area contributed by atoms with Gasteiger partial charge in [0.15, 0.2) is 0 Å². The Morgan fingerprint density at radius 3 is 2.87 bits per heavy atom. The molecule has 0 spiro atoms. The fourth-order valence-electron chi connectivity index (χ4n) is 2.03. The van der Waals surface area contributed by atoms with Crippen molar-refractivity contribution in [3.05, 3.63) is 41.0 Å². The van der Waals surface area contributed by atoms with Gasteiger partial charge >= 0.3 is 5.97 Å². The summed E-state index contributed by atoms with van der Waals surface area (Å²) < 4.78 is 0. The summed E-state index contributed by atoms with van der Waals surface area (Å²) >= 11 is 0. The van der Waals surface area contributed by atoms with Crippen molar-refractivity contribution in [2.45, 2.75) is 25.7 Å². The minimum atomic E-state index is -0.768. The standard InChI is InChI=1S/C13H14O2/c1-9-5-6-10-4-3-7-13(2,12(14)15)11(10)8-9/h3-6,8H,7H2,1-2H3,(H,14,15). The van der Waals surface area contributed by atoms with Crippen LogP contribution in [-0.2, 0) is 10.2 Å². The zero-order chi connectivity index (χ0) is 11.1. The molecule has 0 amide bonds. The van der Waals surface area contributed by atoms with Crippen molar-refractivity contribution in [2.75, 3.05) is 0 Å². The minimum Gasteiger partial charge on any atom is -0.481 e. The average Bonchev–Trinajstić information content (AvgIpc) is 2.19. The summed E-state index contributed by atoms with van der Waals surface area (Å²) in [6.07, 6.45) is 4.50. The van der Waals surface area contributed by atoms with Gasteiger partial charge in [0.1, 0.15) is 0 Å². The number of carbonyl (C=O) groups is 1. The van der Waals surface area contributed by atoms with E-state index in [0.717, 1.165) is 16.7 Å². The number of fused-ring (bicyclic) bond motifs is 1. The van der Waals surface area contributed by atoms with Crippen LogP contribution in [0.25, 0.3) is 6.08 Å². The quantitative estimate of drug-likeness (QED) is 0.760. The molecule has 0 bridgehead atoms. The highest BCUT2D eigenvalue weighted by Gasteiger charge is 2.37. The van der Waals surface area contributed by atoms with Crippen molar-refractivity contribution in [1.82, 2.24) is 0 Å². The van der Waals surface area contributed by atoms with E-state index in [1.165, 1.54) is 0 Å². The van der Waals surface area contributed by atoms with Gasteiger partial charge in [-0.1, -0.05) is 35.9 Å². The zero-order valence-electron chi connectivity index (χ0n) is 8.95. The largest absolute Gasteiger partial charge is 0.481 e. The SMILES string of the molecule is Cc1ccc2c(c1)C(C)(C(=O)O)CC=C2. The zero-order valence-corrected chi connectivity index (χ0v) is 8.95. The van der Waals surface area contributed by atoms with Crippen molar-refractivity contribution in [2.24, 2.45) is 0 Å². The normalized spacial score (nSPS) is 23.6. The summed E-state index contributed by atoms with van der Waals surface area (Å²) in [7, 11) is 0. The van der Waals surface area contributed by atoms with Gasteiger partial charge in [-0.15, -0.1) is 0 Å². The van der Waals surface area contributed by atoms with E-state index in [9.17, 15) is 9.90 Å². The lowest BCUT2D eigenvalue weighted by atomic mass is 9.74. The molecular weight excluding hydrogens is 188 g/mol. The van der Waals surface area contributed by atoms with Crippen LogP contribution in [0.4, 0.5) is 0 Å². The highest BCUT2D eigenvalue weighted by molar-refractivity contribution is 5.84. The maximum Gasteiger partial charge on any atom is 0.314 e. The van der Waals surface area contributed by atoms with Crippen molar-refractivity contribution >= 4 is 12.0 Å². The van der Waals surface area contributed by atoms with E-state index in [2.05, 4.69) is 0 Å². The van der Waals surface area contributed by atoms with Crippen LogP contribution in [0.1, 0.15) is 30.0 Å². The molecule has 1 aromatic rings. The lowest BCUT2D eigenvalue weighted by molar-refractivity contribution is -0.143. The first-order chi connectivity index (χ1) is 7.04. The lowest BCUT2D eigenvalue weighted by Crippen LogP contribution is -2.34. The van der Waals surface area contributed by atoms with E-state index in [4.69, 9.17) is 0 Å². The Hall–Kier alpha value is -1.57. The Bertz CT molecular complexity index is 446. The summed E-state index contributed by atoms with van der Waals surface area (Å²) in [6.45, 7) is 3.78. The van der Waals surface area contributed by atoms with Gasteiger partial charge in [0.2, 0.25) is 0 Å². The van der Waals surface area contributed by atoms with E-state index in [1.54, 1.807) is 6.92 Å². The molecule has 1 N–H and O–H groups in total. The second kappa shape index (κ2) is 3.23. The van der Waals surface area contributed by atoms with E-state index < -0.39 is 11.4 Å². The summed E-state index contributed by atoms with van der Waals surface area (Å²) in [5, 5.41) is 9.30. The smallest absolute Gasteiger partial charge is 0.314 e. The molecule has 78 valence electrons. The number of allylic oxidation sites excluding steroid dienone is 1. The van der Waals surface area contributed by atoms with Crippen LogP contribution in [0.2, 0.25) is 0 Å². The van der Waals surface area contributed by atoms with Crippen molar-refractivity contribution in [3.8, 4) is 0 Å². The van der Waals surface area contributed by atoms with Crippen molar-refractivity contribution in [1.29, 1.82) is 0 Å². The topological polar surface area (TPSA) is 37.3 Å². The molecule has 0 saturated heterocycles. The van der Waals surface area contributed by atoms with Crippen LogP contribution < -0.4 is 0 Å². The first-order valence-electron chi connectivity index (χ1n) is 5.05. The van der Waals surface area contributed by atoms with Gasteiger partial charge in [-0.3, -0.25) is 4.79 Å². The van der Waals surface area contributed by atoms with Gasteiger partial charge in [-0.2, -0.15) is 0 Å². The molecule has 1 aliphatic carbocycles. The van der Waals surface area contributed by atoms with Gasteiger partial charge in [0, 0.05) is 0 Å². The maximum absolute atomic E-state index is 11.3. The maximum atomic E-state index is 11.3. The molecule has 2 nitrogen and oxygen atoms in total. The first-order valence-corrected chi connectivity index (χ1v) is 5.05. The Balaban J connectivity index is 2.64. The molecule has 0 radical (unpaired) electrons. The third kappa shape index (κ3) is 1.46. The van der Waals surface area contributed by atoms with Crippen LogP contribution in [0.15, 0.2) is 24.3 Å². The lowest BCUT2D eigenvalue weighted by Gasteiger charge is -2.29. The molecule has 0 fully saturated rings. The third-order valence-electron chi connectivity index (χ3n) is 3.10. The molecule has 1 atom stereocenters. The fourth-order valence-corrected chi connectivity index (χ4v) is 2.03. The molecule has 2 heteroatoms. The number of hydrogen-bond donors (Lipinski definition) is 1. The Labute approximate surface area is 89.2 Å². The summed E-state index contributed by atoms with van der Waals surface area (Å²) in [5.41, 5.74) is 2.29. The Morgan fingerprint density at radius 2 is 2.20 bits per heavy atom. The number of benzene rings is 1. The van der Waals surface area contributed by atoms with Gasteiger partial charge in [0.25, 0.3) is 0 Å². The molecule has 1 unspecified atom stereocenters. The highest BCUT2D eigenvalue weighted by atomic mass is 16.4. The molecule has 0 aromatic heterocycles. The fraction of sp³-hybridized carbons (Fsp3) is 0.308. The molecule has 0 heterocycles. The molecule has 0 saturated carbocycles. The molecule has 1 aliphatic rings. The van der Waals surface area contributed by atoms with E-state index >= 15 is 0 Å². The number of rotatable bonds is 1. The second-order valence-corrected chi connectivity index (χ2v) is 4.33. The van der Waals surface area contributed by atoms with Crippen LogP contribution >= 0.6 is 0 Å². The number of carboxylic acid groups (broad SMARTS) is 1. The van der Waals surface area contributed by atoms with Gasteiger partial charge in [-0.05, 0) is 31.4 Å². The average molecular weight is 202 g/mol. The Kier molecular flexibility index (Phi) is 2.14. The van der Waals surface area contributed by atoms with Crippen LogP contribution in [0.5, 0.6) is 0 Å². The Morgan fingerprint density at radius 1 is 1.47 bits per heavy atom. The molecule has 2 rings (SSSR count). The number of aliphatic carboxylic acids is 1. The summed E-state index contributed by atoms with van der Waals surface area (Å²) in [6, 6.07) is 5.98. The second-order valence-electron chi connectivity index (χ2n) is 4.33. The van der Waals surface area contributed by atoms with Gasteiger partial charge in [0.05, 0.1) is 5.41 Å². The summed E-state index contributed by atoms with van der Waals surface area (Å²) in [5.74, 6) is -0.751. The van der Waals surface area contributed by atoms with E-state index in [-0.39, 0.29) is 0 Å². The number of hydrogen-bond acceptors (Lipinski definition) is 1. The highest BCUT2D eigenvalue weighted by Crippen LogP contribution is 2.36. The predicted octanol–water partition coefficient (Wildman–Crippen LogP) is 2.75. The third-order valence-corrected chi connectivity index (χ3v) is 3.10. The van der Waals surface area contributed by atoms with Crippen LogP contribution in [-0.4, -0.2) is 11.1 Å². The van der Waals surface area contributed by atoms with Crippen LogP contribution in [0.3, 0.4) is 0 Å². The number of aryl methyl sites for hydroxylation is 1. The van der Waals surface area contributed by atoms with Crippen molar-refractivity contribution < 1.29 is 9.90 Å². The molecular formula is C13H14O2. The molecule has 0 aliphatic heterocycles. The minimum absolute atomic E-state index is 0.568. The summed E-state index contributed by atoms with van der Waals surface area (Å²) in [4.78, 5) is 11.3. The monoisotopic (exact) mass is 202 g/mol. The van der Waals surface area contributed by atoms with E-state index in [0.29, 0.717) is 6.42 Å². The van der Waals surface area contributed by atoms with Crippen molar-refractivity contribution in [3.63, 3.8) is 0 Å². The van der Waals surface area contributed by atoms with Gasteiger partial charge in [-0.25, -0.2) is 0 Å².